The van der Waals surface area contributed by atoms with Crippen LogP contribution in [0, 0.1) is 6.92 Å². The number of Topliss-reactive ketones (excluding diaryl/α,β-unsaturated/α-hetero) is 1. The molecule has 0 saturated carbocycles. The number of nitrogens with zero attached hydrogens (tertiary/aromatic N) is 1. The first-order valence-electron chi connectivity index (χ1n) is 11.3. The van der Waals surface area contributed by atoms with Gasteiger partial charge in [0, 0.05) is 5.69 Å². The van der Waals surface area contributed by atoms with Crippen LogP contribution >= 0.6 is 0 Å². The van der Waals surface area contributed by atoms with Gasteiger partial charge in [-0.15, -0.1) is 0 Å². The van der Waals surface area contributed by atoms with E-state index < -0.39 is 17.7 Å². The number of aliphatic hydroxyl groups excluding tert-OH is 1. The number of carbonyl (C=O) groups excluding carboxylic acids is 2. The van der Waals surface area contributed by atoms with Gasteiger partial charge in [-0.1, -0.05) is 26.8 Å². The van der Waals surface area contributed by atoms with E-state index in [4.69, 9.17) is 13.9 Å². The smallest absolute Gasteiger partial charge is 0.300 e. The number of ether oxygens (including phenoxy) is 2. The second-order valence-corrected chi connectivity index (χ2v) is 9.48. The number of anilines is 1. The molecule has 3 aromatic rings. The molecule has 1 saturated heterocycles. The molecule has 7 nitrogen and oxygen atoms in total. The van der Waals surface area contributed by atoms with E-state index >= 15 is 0 Å². The van der Waals surface area contributed by atoms with Crippen LogP contribution in [-0.2, 0) is 15.0 Å². The van der Waals surface area contributed by atoms with Crippen molar-refractivity contribution in [2.24, 2.45) is 0 Å². The zero-order chi connectivity index (χ0) is 25.5. The predicted octanol–water partition coefficient (Wildman–Crippen LogP) is 5.53. The number of carbonyl (C=O) groups is 2. The minimum absolute atomic E-state index is 0.0653. The maximum absolute atomic E-state index is 13.4. The van der Waals surface area contributed by atoms with Crippen LogP contribution in [0.3, 0.4) is 0 Å². The summed E-state index contributed by atoms with van der Waals surface area (Å²) in [6.45, 7) is 7.92. The first kappa shape index (κ1) is 24.1. The molecule has 1 fully saturated rings. The number of methoxy groups -OCH3 is 2. The molecular formula is C28H29NO6. The second kappa shape index (κ2) is 8.98. The van der Waals surface area contributed by atoms with Crippen molar-refractivity contribution in [1.82, 2.24) is 0 Å². The number of benzene rings is 2. The number of rotatable bonds is 5. The van der Waals surface area contributed by atoms with E-state index in [-0.39, 0.29) is 16.7 Å². The summed E-state index contributed by atoms with van der Waals surface area (Å²) >= 11 is 0. The molecule has 1 aliphatic heterocycles. The molecule has 0 bridgehead atoms. The standard InChI is InChI=1S/C28H29NO6/c1-16-7-13-22(35-16)24-23(25(30)20-15-17(28(2,3)4)8-14-21(20)34-6)26(31)27(32)29(24)18-9-11-19(33-5)12-10-18/h7-15,24,30H,1-6H3/b25-23+. The third-order valence-corrected chi connectivity index (χ3v) is 6.15. The highest BCUT2D eigenvalue weighted by molar-refractivity contribution is 6.51. The van der Waals surface area contributed by atoms with Crippen LogP contribution in [0.25, 0.3) is 5.76 Å². The average Bonchev–Trinajstić information content (AvgIpc) is 3.38. The fourth-order valence-electron chi connectivity index (χ4n) is 4.22. The summed E-state index contributed by atoms with van der Waals surface area (Å²) in [5, 5.41) is 11.5. The summed E-state index contributed by atoms with van der Waals surface area (Å²) in [6, 6.07) is 14.7. The summed E-state index contributed by atoms with van der Waals surface area (Å²) in [4.78, 5) is 28.0. The van der Waals surface area contributed by atoms with Crippen LogP contribution in [0.15, 0.2) is 64.6 Å². The van der Waals surface area contributed by atoms with E-state index in [0.29, 0.717) is 34.3 Å². The number of aryl methyl sites for hydroxylation is 1. The van der Waals surface area contributed by atoms with Gasteiger partial charge >= 0.3 is 0 Å². The molecule has 0 spiro atoms. The van der Waals surface area contributed by atoms with Crippen molar-refractivity contribution >= 4 is 23.1 Å². The van der Waals surface area contributed by atoms with Crippen molar-refractivity contribution in [2.45, 2.75) is 39.2 Å². The summed E-state index contributed by atoms with van der Waals surface area (Å²) in [5.74, 6) is 0.0984. The molecule has 1 atom stereocenters. The lowest BCUT2D eigenvalue weighted by atomic mass is 9.85. The van der Waals surface area contributed by atoms with E-state index in [1.165, 1.54) is 12.0 Å². The van der Waals surface area contributed by atoms with Gasteiger partial charge in [0.05, 0.1) is 25.4 Å². The van der Waals surface area contributed by atoms with Crippen LogP contribution < -0.4 is 14.4 Å². The summed E-state index contributed by atoms with van der Waals surface area (Å²) in [5.41, 5.74) is 1.47. The second-order valence-electron chi connectivity index (χ2n) is 9.48. The summed E-state index contributed by atoms with van der Waals surface area (Å²) < 4.78 is 16.6. The first-order chi connectivity index (χ1) is 16.6. The Morgan fingerprint density at radius 2 is 1.66 bits per heavy atom. The number of hydrogen-bond acceptors (Lipinski definition) is 6. The molecule has 1 aromatic heterocycles. The highest BCUT2D eigenvalue weighted by Crippen LogP contribution is 2.44. The van der Waals surface area contributed by atoms with Crippen molar-refractivity contribution in [2.75, 3.05) is 19.1 Å². The molecule has 0 radical (unpaired) electrons. The molecule has 35 heavy (non-hydrogen) atoms. The van der Waals surface area contributed by atoms with Gasteiger partial charge in [0.1, 0.15) is 34.8 Å². The average molecular weight is 476 g/mol. The zero-order valence-corrected chi connectivity index (χ0v) is 20.7. The van der Waals surface area contributed by atoms with Crippen molar-refractivity contribution in [3.05, 3.63) is 82.8 Å². The zero-order valence-electron chi connectivity index (χ0n) is 20.7. The third-order valence-electron chi connectivity index (χ3n) is 6.15. The minimum atomic E-state index is -0.958. The largest absolute Gasteiger partial charge is 0.507 e. The Labute approximate surface area is 204 Å². The Hall–Kier alpha value is -4.00. The van der Waals surface area contributed by atoms with Crippen LogP contribution in [0.5, 0.6) is 11.5 Å². The van der Waals surface area contributed by atoms with E-state index in [1.54, 1.807) is 62.6 Å². The monoisotopic (exact) mass is 475 g/mol. The maximum Gasteiger partial charge on any atom is 0.300 e. The molecule has 0 aliphatic carbocycles. The molecular weight excluding hydrogens is 446 g/mol. The molecule has 1 aliphatic rings. The highest BCUT2D eigenvalue weighted by atomic mass is 16.5. The number of ketones is 1. The van der Waals surface area contributed by atoms with E-state index in [0.717, 1.165) is 5.56 Å². The van der Waals surface area contributed by atoms with Gasteiger partial charge in [0.25, 0.3) is 11.7 Å². The Kier molecular flexibility index (Phi) is 6.19. The van der Waals surface area contributed by atoms with Crippen LogP contribution in [-0.4, -0.2) is 31.0 Å². The summed E-state index contributed by atoms with van der Waals surface area (Å²) in [7, 11) is 3.04. The highest BCUT2D eigenvalue weighted by Gasteiger charge is 2.48. The lowest BCUT2D eigenvalue weighted by Crippen LogP contribution is -2.29. The van der Waals surface area contributed by atoms with Crippen molar-refractivity contribution < 1.29 is 28.6 Å². The Bertz CT molecular complexity index is 1310. The van der Waals surface area contributed by atoms with Gasteiger partial charge in [-0.05, 0) is 66.4 Å². The van der Waals surface area contributed by atoms with E-state index in [1.807, 2.05) is 26.8 Å². The topological polar surface area (TPSA) is 89.2 Å². The van der Waals surface area contributed by atoms with Crippen molar-refractivity contribution in [3.8, 4) is 11.5 Å². The van der Waals surface area contributed by atoms with Gasteiger partial charge in [-0.2, -0.15) is 0 Å². The molecule has 2 heterocycles. The van der Waals surface area contributed by atoms with Gasteiger partial charge in [0.15, 0.2) is 0 Å². The summed E-state index contributed by atoms with van der Waals surface area (Å²) in [6.07, 6.45) is 0. The lowest BCUT2D eigenvalue weighted by Gasteiger charge is -2.24. The number of furan rings is 1. The van der Waals surface area contributed by atoms with Crippen LogP contribution in [0.2, 0.25) is 0 Å². The molecule has 1 amide bonds. The van der Waals surface area contributed by atoms with Crippen LogP contribution in [0.1, 0.15) is 49.5 Å². The molecule has 1 N–H and O–H groups in total. The van der Waals surface area contributed by atoms with E-state index in [2.05, 4.69) is 0 Å². The lowest BCUT2D eigenvalue weighted by molar-refractivity contribution is -0.132. The number of aliphatic hydroxyl groups is 1. The van der Waals surface area contributed by atoms with Crippen LogP contribution in [0.4, 0.5) is 5.69 Å². The minimum Gasteiger partial charge on any atom is -0.507 e. The number of hydrogen-bond donors (Lipinski definition) is 1. The van der Waals surface area contributed by atoms with Crippen molar-refractivity contribution in [1.29, 1.82) is 0 Å². The van der Waals surface area contributed by atoms with E-state index in [9.17, 15) is 14.7 Å². The van der Waals surface area contributed by atoms with Gasteiger partial charge in [0.2, 0.25) is 0 Å². The number of amides is 1. The van der Waals surface area contributed by atoms with Gasteiger partial charge in [-0.25, -0.2) is 0 Å². The normalized spacial score (nSPS) is 17.7. The van der Waals surface area contributed by atoms with Gasteiger partial charge < -0.3 is 19.0 Å². The fraction of sp³-hybridized carbons (Fsp3) is 0.286. The first-order valence-corrected chi connectivity index (χ1v) is 11.3. The Balaban J connectivity index is 1.96. The maximum atomic E-state index is 13.4. The molecule has 4 rings (SSSR count). The molecule has 2 aromatic carbocycles. The fourth-order valence-corrected chi connectivity index (χ4v) is 4.22. The van der Waals surface area contributed by atoms with Crippen molar-refractivity contribution in [3.63, 3.8) is 0 Å². The molecule has 1 unspecified atom stereocenters. The third kappa shape index (κ3) is 4.30. The predicted molar refractivity (Wildman–Crippen MR) is 133 cm³/mol. The van der Waals surface area contributed by atoms with Gasteiger partial charge in [-0.3, -0.25) is 14.5 Å². The quantitative estimate of drug-likeness (QED) is 0.297. The molecule has 182 valence electrons. The molecule has 7 heteroatoms. The SMILES string of the molecule is COc1ccc(N2C(=O)C(=O)/C(=C(/O)c3cc(C(C)(C)C)ccc3OC)C2c2ccc(C)o2)cc1. The Morgan fingerprint density at radius 3 is 2.20 bits per heavy atom. The Morgan fingerprint density at radius 1 is 0.971 bits per heavy atom.